The fourth-order valence-corrected chi connectivity index (χ4v) is 2.03. The van der Waals surface area contributed by atoms with Gasteiger partial charge in [0.25, 0.3) is 23.2 Å². The fourth-order valence-electron chi connectivity index (χ4n) is 1.89. The molecule has 0 heterocycles. The monoisotopic (exact) mass is 389 g/mol. The summed E-state index contributed by atoms with van der Waals surface area (Å²) >= 11 is 4.86. The van der Waals surface area contributed by atoms with Gasteiger partial charge in [-0.2, -0.15) is 0 Å². The standard InChI is InChI=1S/C15H11N5O6S/c21-13(10-2-1-3-12(8-10)20(25)26)16-15(27)18-17-14(22)9-4-6-11(7-5-9)19(23)24/h1-8H,(H,17,22)(H2,16,18,21,27). The van der Waals surface area contributed by atoms with Crippen molar-refractivity contribution in [1.29, 1.82) is 0 Å². The van der Waals surface area contributed by atoms with Crippen molar-refractivity contribution in [1.82, 2.24) is 16.2 Å². The molecule has 138 valence electrons. The van der Waals surface area contributed by atoms with Gasteiger partial charge in [-0.3, -0.25) is 46.0 Å². The second-order valence-corrected chi connectivity index (χ2v) is 5.38. The Labute approximate surface area is 156 Å². The average molecular weight is 389 g/mol. The van der Waals surface area contributed by atoms with E-state index in [0.717, 1.165) is 18.2 Å². The Kier molecular flexibility index (Phi) is 6.06. The topological polar surface area (TPSA) is 157 Å². The minimum absolute atomic E-state index is 0.00930. The van der Waals surface area contributed by atoms with Gasteiger partial charge in [-0.15, -0.1) is 0 Å². The molecule has 0 bridgehead atoms. The normalized spacial score (nSPS) is 9.78. The highest BCUT2D eigenvalue weighted by Gasteiger charge is 2.13. The minimum Gasteiger partial charge on any atom is -0.298 e. The SMILES string of the molecule is O=C(NNC(=S)NC(=O)c1cccc([N+](=O)[O-])c1)c1ccc([N+](=O)[O-])cc1. The lowest BCUT2D eigenvalue weighted by molar-refractivity contribution is -0.385. The maximum absolute atomic E-state index is 12.0. The molecule has 0 unspecified atom stereocenters. The quantitative estimate of drug-likeness (QED) is 0.403. The molecule has 11 nitrogen and oxygen atoms in total. The molecule has 0 aliphatic heterocycles. The van der Waals surface area contributed by atoms with Crippen LogP contribution in [0.5, 0.6) is 0 Å². The third kappa shape index (κ3) is 5.27. The smallest absolute Gasteiger partial charge is 0.270 e. The summed E-state index contributed by atoms with van der Waals surface area (Å²) in [4.78, 5) is 44.0. The number of rotatable bonds is 4. The first kappa shape index (κ1) is 19.4. The third-order valence-corrected chi connectivity index (χ3v) is 3.38. The van der Waals surface area contributed by atoms with Gasteiger partial charge in [0, 0.05) is 35.4 Å². The number of carbonyl (C=O) groups excluding carboxylic acids is 2. The molecule has 0 saturated heterocycles. The molecule has 0 aliphatic rings. The first-order valence-corrected chi connectivity index (χ1v) is 7.59. The van der Waals surface area contributed by atoms with E-state index in [4.69, 9.17) is 12.2 Å². The van der Waals surface area contributed by atoms with Crippen LogP contribution < -0.4 is 16.2 Å². The van der Waals surface area contributed by atoms with Crippen molar-refractivity contribution in [3.05, 3.63) is 79.9 Å². The number of benzene rings is 2. The molecule has 0 radical (unpaired) electrons. The molecule has 2 amide bonds. The van der Waals surface area contributed by atoms with Crippen LogP contribution in [0.1, 0.15) is 20.7 Å². The number of non-ortho nitro benzene ring substituents is 2. The van der Waals surface area contributed by atoms with Crippen molar-refractivity contribution in [2.45, 2.75) is 0 Å². The van der Waals surface area contributed by atoms with E-state index >= 15 is 0 Å². The van der Waals surface area contributed by atoms with Crippen molar-refractivity contribution in [3.8, 4) is 0 Å². The highest BCUT2D eigenvalue weighted by Crippen LogP contribution is 2.13. The Balaban J connectivity index is 1.90. The summed E-state index contributed by atoms with van der Waals surface area (Å²) < 4.78 is 0. The number of hydrogen-bond donors (Lipinski definition) is 3. The van der Waals surface area contributed by atoms with Gasteiger partial charge in [-0.25, -0.2) is 0 Å². The molecule has 2 aromatic rings. The van der Waals surface area contributed by atoms with Crippen LogP contribution in [0.4, 0.5) is 11.4 Å². The Morgan fingerprint density at radius 1 is 0.815 bits per heavy atom. The first-order valence-electron chi connectivity index (χ1n) is 7.18. The van der Waals surface area contributed by atoms with E-state index < -0.39 is 21.7 Å². The zero-order valence-electron chi connectivity index (χ0n) is 13.4. The van der Waals surface area contributed by atoms with Crippen LogP contribution in [-0.4, -0.2) is 26.8 Å². The first-order chi connectivity index (χ1) is 12.8. The number of nitrogens with one attached hydrogen (secondary N) is 3. The number of thiocarbonyl (C=S) groups is 1. The van der Waals surface area contributed by atoms with Crippen molar-refractivity contribution in [2.24, 2.45) is 0 Å². The Morgan fingerprint density at radius 2 is 1.44 bits per heavy atom. The average Bonchev–Trinajstić information content (AvgIpc) is 2.66. The molecule has 12 heteroatoms. The second kappa shape index (κ2) is 8.44. The van der Waals surface area contributed by atoms with E-state index in [0.29, 0.717) is 0 Å². The fraction of sp³-hybridized carbons (Fsp3) is 0. The van der Waals surface area contributed by atoms with Crippen molar-refractivity contribution < 1.29 is 19.4 Å². The maximum atomic E-state index is 12.0. The summed E-state index contributed by atoms with van der Waals surface area (Å²) in [5.41, 5.74) is 4.21. The largest absolute Gasteiger partial charge is 0.298 e. The minimum atomic E-state index is -0.708. The molecule has 0 atom stereocenters. The van der Waals surface area contributed by atoms with Gasteiger partial charge in [0.1, 0.15) is 0 Å². The summed E-state index contributed by atoms with van der Waals surface area (Å²) in [6, 6.07) is 9.85. The zero-order chi connectivity index (χ0) is 20.0. The van der Waals surface area contributed by atoms with Crippen LogP contribution in [0.2, 0.25) is 0 Å². The summed E-state index contributed by atoms with van der Waals surface area (Å²) in [7, 11) is 0. The van der Waals surface area contributed by atoms with Crippen LogP contribution in [-0.2, 0) is 0 Å². The number of nitro benzene ring substituents is 2. The number of nitro groups is 2. The molecule has 0 fully saturated rings. The van der Waals surface area contributed by atoms with Crippen LogP contribution >= 0.6 is 12.2 Å². The van der Waals surface area contributed by atoms with Gasteiger partial charge in [0.2, 0.25) is 0 Å². The summed E-state index contributed by atoms with van der Waals surface area (Å²) in [6.45, 7) is 0. The molecule has 2 aromatic carbocycles. The molecule has 2 rings (SSSR count). The number of amides is 2. The lowest BCUT2D eigenvalue weighted by Crippen LogP contribution is -2.48. The highest BCUT2D eigenvalue weighted by atomic mass is 32.1. The van der Waals surface area contributed by atoms with Crippen molar-refractivity contribution >= 4 is 40.5 Å². The van der Waals surface area contributed by atoms with E-state index in [1.54, 1.807) is 0 Å². The van der Waals surface area contributed by atoms with Gasteiger partial charge in [-0.1, -0.05) is 6.07 Å². The zero-order valence-corrected chi connectivity index (χ0v) is 14.2. The Hall–Kier alpha value is -3.93. The van der Waals surface area contributed by atoms with E-state index in [1.807, 2.05) is 0 Å². The summed E-state index contributed by atoms with van der Waals surface area (Å²) in [5.74, 6) is -1.35. The van der Waals surface area contributed by atoms with E-state index in [-0.39, 0.29) is 27.6 Å². The van der Waals surface area contributed by atoms with E-state index in [1.165, 1.54) is 30.3 Å². The van der Waals surface area contributed by atoms with Crippen LogP contribution in [0.15, 0.2) is 48.5 Å². The molecular weight excluding hydrogens is 378 g/mol. The lowest BCUT2D eigenvalue weighted by Gasteiger charge is -2.10. The molecule has 0 aromatic heterocycles. The number of nitrogens with zero attached hydrogens (tertiary/aromatic N) is 2. The highest BCUT2D eigenvalue weighted by molar-refractivity contribution is 7.80. The van der Waals surface area contributed by atoms with E-state index in [9.17, 15) is 29.8 Å². The van der Waals surface area contributed by atoms with Crippen LogP contribution in [0, 0.1) is 20.2 Å². The van der Waals surface area contributed by atoms with Gasteiger partial charge < -0.3 is 0 Å². The van der Waals surface area contributed by atoms with Gasteiger partial charge >= 0.3 is 0 Å². The summed E-state index contributed by atoms with van der Waals surface area (Å²) in [6.07, 6.45) is 0. The molecular formula is C15H11N5O6S. The van der Waals surface area contributed by atoms with Gasteiger partial charge in [0.05, 0.1) is 9.85 Å². The van der Waals surface area contributed by atoms with E-state index in [2.05, 4.69) is 16.2 Å². The Morgan fingerprint density at radius 3 is 2.04 bits per heavy atom. The second-order valence-electron chi connectivity index (χ2n) is 4.97. The van der Waals surface area contributed by atoms with Crippen LogP contribution in [0.25, 0.3) is 0 Å². The maximum Gasteiger partial charge on any atom is 0.270 e. The third-order valence-electron chi connectivity index (χ3n) is 3.18. The van der Waals surface area contributed by atoms with Gasteiger partial charge in [0.15, 0.2) is 5.11 Å². The summed E-state index contributed by atoms with van der Waals surface area (Å²) in [5, 5.41) is 23.3. The predicted octanol–water partition coefficient (Wildman–Crippen LogP) is 1.45. The number of carbonyl (C=O) groups is 2. The molecule has 3 N–H and O–H groups in total. The molecule has 27 heavy (non-hydrogen) atoms. The van der Waals surface area contributed by atoms with Gasteiger partial charge in [-0.05, 0) is 30.4 Å². The molecule has 0 saturated carbocycles. The molecule has 0 spiro atoms. The lowest BCUT2D eigenvalue weighted by atomic mass is 10.2. The Bertz CT molecular complexity index is 931. The van der Waals surface area contributed by atoms with Crippen molar-refractivity contribution in [3.63, 3.8) is 0 Å². The predicted molar refractivity (Wildman–Crippen MR) is 96.9 cm³/mol. The number of hydrazine groups is 1. The van der Waals surface area contributed by atoms with Crippen molar-refractivity contribution in [2.75, 3.05) is 0 Å². The number of hydrogen-bond acceptors (Lipinski definition) is 7. The molecule has 0 aliphatic carbocycles. The van der Waals surface area contributed by atoms with Crippen LogP contribution in [0.3, 0.4) is 0 Å².